The van der Waals surface area contributed by atoms with Crippen LogP contribution in [0.25, 0.3) is 22.4 Å². The number of carbonyl (C=O) groups excluding carboxylic acids is 1. The quantitative estimate of drug-likeness (QED) is 0.578. The lowest BCUT2D eigenvalue weighted by Crippen LogP contribution is -2.34. The number of rotatable bonds is 3. The molecule has 0 bridgehead atoms. The molecular weight excluding hydrogens is 380 g/mol. The van der Waals surface area contributed by atoms with Gasteiger partial charge in [0.25, 0.3) is 11.5 Å². The minimum absolute atomic E-state index is 0.239. The lowest BCUT2D eigenvalue weighted by atomic mass is 10.2. The van der Waals surface area contributed by atoms with Crippen LogP contribution in [-0.2, 0) is 6.54 Å². The van der Waals surface area contributed by atoms with Crippen LogP contribution >= 0.6 is 11.6 Å². The summed E-state index contributed by atoms with van der Waals surface area (Å²) in [7, 11) is 0. The Bertz CT molecular complexity index is 1320. The Morgan fingerprint density at radius 1 is 1.11 bits per heavy atom. The van der Waals surface area contributed by atoms with Crippen molar-refractivity contribution in [2.75, 3.05) is 0 Å². The molecule has 7 nitrogen and oxygen atoms in total. The Kier molecular flexibility index (Phi) is 4.44. The molecule has 140 valence electrons. The highest BCUT2D eigenvalue weighted by Crippen LogP contribution is 2.26. The summed E-state index contributed by atoms with van der Waals surface area (Å²) in [6.07, 6.45) is 1.38. The second-order valence-corrected chi connectivity index (χ2v) is 6.80. The smallest absolute Gasteiger partial charge is 0.291 e. The number of H-pyrrole nitrogens is 1. The fraction of sp³-hybridized carbons (Fsp3) is 0.100. The summed E-state index contributed by atoms with van der Waals surface area (Å²) in [6.45, 7) is 1.34. The van der Waals surface area contributed by atoms with Gasteiger partial charge in [0.1, 0.15) is 12.4 Å². The number of halogens is 1. The second kappa shape index (κ2) is 6.94. The van der Waals surface area contributed by atoms with Crippen LogP contribution in [0.3, 0.4) is 0 Å². The fourth-order valence-electron chi connectivity index (χ4n) is 3.02. The van der Waals surface area contributed by atoms with Gasteiger partial charge in [-0.15, -0.1) is 0 Å². The Balaban J connectivity index is 1.85. The summed E-state index contributed by atoms with van der Waals surface area (Å²) >= 11 is 5.97. The molecule has 2 aromatic heterocycles. The number of carbonyl (C=O) groups is 1. The highest BCUT2D eigenvalue weighted by atomic mass is 35.5. The first-order valence-electron chi connectivity index (χ1n) is 8.51. The standard InChI is InChI=1S/C20H15ClN4O3/c1-12-10-24(20(28)23-19(12)27)11-17(26)25-16-5-3-2-4-15(16)22-18(25)13-6-8-14(21)9-7-13/h2-10H,11H2,1H3,(H,23,27,28). The van der Waals surface area contributed by atoms with Crippen molar-refractivity contribution in [2.45, 2.75) is 13.5 Å². The van der Waals surface area contributed by atoms with Crippen molar-refractivity contribution in [3.63, 3.8) is 0 Å². The van der Waals surface area contributed by atoms with E-state index in [0.717, 1.165) is 5.56 Å². The number of hydrogen-bond donors (Lipinski definition) is 1. The summed E-state index contributed by atoms with van der Waals surface area (Å²) in [5.74, 6) is 0.101. The highest BCUT2D eigenvalue weighted by molar-refractivity contribution is 6.30. The number of nitrogens with one attached hydrogen (secondary N) is 1. The monoisotopic (exact) mass is 394 g/mol. The van der Waals surface area contributed by atoms with Gasteiger partial charge in [-0.2, -0.15) is 0 Å². The van der Waals surface area contributed by atoms with E-state index in [9.17, 15) is 14.4 Å². The molecule has 0 saturated carbocycles. The van der Waals surface area contributed by atoms with Crippen molar-refractivity contribution in [1.29, 1.82) is 0 Å². The number of nitrogens with zero attached hydrogens (tertiary/aromatic N) is 3. The van der Waals surface area contributed by atoms with E-state index in [4.69, 9.17) is 11.6 Å². The Morgan fingerprint density at radius 3 is 2.57 bits per heavy atom. The average molecular weight is 395 g/mol. The van der Waals surface area contributed by atoms with Crippen LogP contribution in [0.2, 0.25) is 5.02 Å². The molecule has 0 aliphatic rings. The predicted molar refractivity (Wildman–Crippen MR) is 107 cm³/mol. The first kappa shape index (κ1) is 17.9. The maximum Gasteiger partial charge on any atom is 0.328 e. The summed E-state index contributed by atoms with van der Waals surface area (Å²) in [5.41, 5.74) is 1.25. The number of aryl methyl sites for hydroxylation is 1. The van der Waals surface area contributed by atoms with Gasteiger partial charge in [-0.25, -0.2) is 9.78 Å². The van der Waals surface area contributed by atoms with E-state index in [1.165, 1.54) is 15.3 Å². The van der Waals surface area contributed by atoms with Gasteiger partial charge < -0.3 is 0 Å². The number of para-hydroxylation sites is 2. The Labute approximate surface area is 163 Å². The second-order valence-electron chi connectivity index (χ2n) is 6.36. The van der Waals surface area contributed by atoms with Crippen LogP contribution in [0.4, 0.5) is 0 Å². The van der Waals surface area contributed by atoms with Gasteiger partial charge in [0, 0.05) is 22.3 Å². The zero-order valence-electron chi connectivity index (χ0n) is 14.8. The summed E-state index contributed by atoms with van der Waals surface area (Å²) in [6, 6.07) is 14.3. The van der Waals surface area contributed by atoms with E-state index in [2.05, 4.69) is 9.97 Å². The molecule has 0 fully saturated rings. The van der Waals surface area contributed by atoms with Crippen LogP contribution in [-0.4, -0.2) is 25.0 Å². The van der Waals surface area contributed by atoms with Crippen LogP contribution in [0, 0.1) is 6.92 Å². The predicted octanol–water partition coefficient (Wildman–Crippen LogP) is 2.86. The molecule has 1 N–H and O–H groups in total. The number of aromatic amines is 1. The topological polar surface area (TPSA) is 89.8 Å². The van der Waals surface area contributed by atoms with E-state index in [1.54, 1.807) is 37.3 Å². The summed E-state index contributed by atoms with van der Waals surface area (Å²) in [4.78, 5) is 43.6. The van der Waals surface area contributed by atoms with Crippen LogP contribution in [0.15, 0.2) is 64.3 Å². The molecule has 0 aliphatic heterocycles. The van der Waals surface area contributed by atoms with Crippen LogP contribution in [0.5, 0.6) is 0 Å². The molecule has 2 heterocycles. The molecule has 8 heteroatoms. The first-order valence-corrected chi connectivity index (χ1v) is 8.89. The van der Waals surface area contributed by atoms with Crippen molar-refractivity contribution < 1.29 is 4.79 Å². The third-order valence-electron chi connectivity index (χ3n) is 4.41. The van der Waals surface area contributed by atoms with Crippen LogP contribution < -0.4 is 11.2 Å². The van der Waals surface area contributed by atoms with Crippen molar-refractivity contribution in [3.8, 4) is 11.4 Å². The minimum atomic E-state index is -0.638. The van der Waals surface area contributed by atoms with Gasteiger partial charge in [0.15, 0.2) is 0 Å². The van der Waals surface area contributed by atoms with E-state index < -0.39 is 11.2 Å². The number of hydrogen-bond acceptors (Lipinski definition) is 4. The molecular formula is C20H15ClN4O3. The molecule has 0 atom stereocenters. The van der Waals surface area contributed by atoms with Crippen molar-refractivity contribution >= 4 is 28.5 Å². The third-order valence-corrected chi connectivity index (χ3v) is 4.66. The molecule has 4 aromatic rings. The van der Waals surface area contributed by atoms with Crippen LogP contribution in [0.1, 0.15) is 10.4 Å². The molecule has 0 radical (unpaired) electrons. The fourth-order valence-corrected chi connectivity index (χ4v) is 3.15. The van der Waals surface area contributed by atoms with Gasteiger partial charge in [-0.05, 0) is 43.3 Å². The van der Waals surface area contributed by atoms with Crippen molar-refractivity contribution in [1.82, 2.24) is 19.1 Å². The van der Waals surface area contributed by atoms with E-state index in [1.807, 2.05) is 18.2 Å². The SMILES string of the molecule is Cc1cn(CC(=O)n2c(-c3ccc(Cl)cc3)nc3ccccc32)c(=O)[nH]c1=O. The average Bonchev–Trinajstić information content (AvgIpc) is 3.06. The highest BCUT2D eigenvalue weighted by Gasteiger charge is 2.19. The Hall–Kier alpha value is -3.45. The lowest BCUT2D eigenvalue weighted by molar-refractivity contribution is 0.0896. The van der Waals surface area contributed by atoms with E-state index in [0.29, 0.717) is 27.4 Å². The molecule has 4 rings (SSSR count). The molecule has 0 spiro atoms. The third kappa shape index (κ3) is 3.16. The van der Waals surface area contributed by atoms with E-state index in [-0.39, 0.29) is 12.5 Å². The summed E-state index contributed by atoms with van der Waals surface area (Å²) < 4.78 is 2.66. The largest absolute Gasteiger partial charge is 0.328 e. The van der Waals surface area contributed by atoms with Gasteiger partial charge in [0.2, 0.25) is 0 Å². The minimum Gasteiger partial charge on any atom is -0.291 e. The molecule has 0 unspecified atom stereocenters. The number of benzene rings is 2. The van der Waals surface area contributed by atoms with Crippen molar-refractivity contribution in [3.05, 3.63) is 86.2 Å². The van der Waals surface area contributed by atoms with E-state index >= 15 is 0 Å². The molecule has 28 heavy (non-hydrogen) atoms. The molecule has 2 aromatic carbocycles. The molecule has 0 aliphatic carbocycles. The zero-order chi connectivity index (χ0) is 19.8. The lowest BCUT2D eigenvalue weighted by Gasteiger charge is -2.10. The van der Waals surface area contributed by atoms with Gasteiger partial charge in [-0.1, -0.05) is 23.7 Å². The maximum atomic E-state index is 13.1. The van der Waals surface area contributed by atoms with Crippen molar-refractivity contribution in [2.24, 2.45) is 0 Å². The zero-order valence-corrected chi connectivity index (χ0v) is 15.6. The summed E-state index contributed by atoms with van der Waals surface area (Å²) in [5, 5.41) is 0.577. The maximum absolute atomic E-state index is 13.1. The number of imidazole rings is 1. The van der Waals surface area contributed by atoms with Gasteiger partial charge in [0.05, 0.1) is 11.0 Å². The van der Waals surface area contributed by atoms with Gasteiger partial charge >= 0.3 is 5.69 Å². The molecule has 0 saturated heterocycles. The number of aromatic nitrogens is 4. The Morgan fingerprint density at radius 2 is 1.82 bits per heavy atom. The first-order chi connectivity index (χ1) is 13.4. The number of fused-ring (bicyclic) bond motifs is 1. The normalized spacial score (nSPS) is 11.1. The molecule has 0 amide bonds. The van der Waals surface area contributed by atoms with Gasteiger partial charge in [-0.3, -0.25) is 23.7 Å².